The Labute approximate surface area is 112 Å². The fourth-order valence-electron chi connectivity index (χ4n) is 2.37. The van der Waals surface area contributed by atoms with Crippen molar-refractivity contribution >= 4 is 17.5 Å². The van der Waals surface area contributed by atoms with Gasteiger partial charge >= 0.3 is 5.97 Å². The van der Waals surface area contributed by atoms with E-state index in [0.717, 1.165) is 19.4 Å². The van der Waals surface area contributed by atoms with Crippen molar-refractivity contribution < 1.29 is 14.6 Å². The first-order valence-electron chi connectivity index (χ1n) is 6.47. The van der Waals surface area contributed by atoms with Gasteiger partial charge in [-0.05, 0) is 25.8 Å². The summed E-state index contributed by atoms with van der Waals surface area (Å²) < 4.78 is 5.03. The third kappa shape index (κ3) is 2.78. The summed E-state index contributed by atoms with van der Waals surface area (Å²) in [5.74, 6) is 0.116. The molecule has 2 rings (SSSR count). The number of aliphatic hydroxyl groups excluding tert-OH is 1. The van der Waals surface area contributed by atoms with Crippen molar-refractivity contribution in [2.75, 3.05) is 30.4 Å². The van der Waals surface area contributed by atoms with Crippen LogP contribution in [-0.2, 0) is 4.74 Å². The van der Waals surface area contributed by atoms with Crippen LogP contribution in [0.3, 0.4) is 0 Å². The topological polar surface area (TPSA) is 88.7 Å². The molecule has 1 atom stereocenters. The molecule has 1 unspecified atom stereocenters. The molecule has 0 amide bonds. The van der Waals surface area contributed by atoms with Crippen molar-refractivity contribution in [2.24, 2.45) is 0 Å². The van der Waals surface area contributed by atoms with Gasteiger partial charge in [0.05, 0.1) is 31.1 Å². The summed E-state index contributed by atoms with van der Waals surface area (Å²) in [5.41, 5.74) is 6.47. The molecular formula is C13H19N3O3. The van der Waals surface area contributed by atoms with Gasteiger partial charge in [-0.15, -0.1) is 0 Å². The van der Waals surface area contributed by atoms with Gasteiger partial charge in [0.1, 0.15) is 11.4 Å². The van der Waals surface area contributed by atoms with E-state index in [0.29, 0.717) is 23.7 Å². The molecule has 2 heterocycles. The second kappa shape index (κ2) is 5.88. The summed E-state index contributed by atoms with van der Waals surface area (Å²) >= 11 is 0. The Balaban J connectivity index is 2.36. The Kier molecular flexibility index (Phi) is 4.21. The number of aromatic nitrogens is 1. The SMILES string of the molecule is CCOC(=O)c1cc(N)cnc1N1CCCC1CO. The number of nitrogens with two attached hydrogens (primary N) is 1. The quantitative estimate of drug-likeness (QED) is 0.783. The largest absolute Gasteiger partial charge is 0.462 e. The van der Waals surface area contributed by atoms with E-state index >= 15 is 0 Å². The van der Waals surface area contributed by atoms with Crippen LogP contribution in [0.2, 0.25) is 0 Å². The van der Waals surface area contributed by atoms with Crippen LogP contribution in [0.5, 0.6) is 0 Å². The van der Waals surface area contributed by atoms with Crippen LogP contribution in [0.15, 0.2) is 12.3 Å². The highest BCUT2D eigenvalue weighted by Crippen LogP contribution is 2.28. The number of hydrogen-bond donors (Lipinski definition) is 2. The smallest absolute Gasteiger partial charge is 0.341 e. The average molecular weight is 265 g/mol. The van der Waals surface area contributed by atoms with Gasteiger partial charge in [0.25, 0.3) is 0 Å². The number of pyridine rings is 1. The van der Waals surface area contributed by atoms with Crippen LogP contribution in [0, 0.1) is 0 Å². The molecule has 104 valence electrons. The summed E-state index contributed by atoms with van der Waals surface area (Å²) in [6.07, 6.45) is 3.38. The van der Waals surface area contributed by atoms with E-state index in [1.165, 1.54) is 6.20 Å². The monoisotopic (exact) mass is 265 g/mol. The molecule has 0 spiro atoms. The average Bonchev–Trinajstić information content (AvgIpc) is 2.87. The predicted octanol–water partition coefficient (Wildman–Crippen LogP) is 0.802. The Bertz CT molecular complexity index is 464. The summed E-state index contributed by atoms with van der Waals surface area (Å²) in [7, 11) is 0. The van der Waals surface area contributed by atoms with Crippen LogP contribution in [0.4, 0.5) is 11.5 Å². The number of carbonyl (C=O) groups excluding carboxylic acids is 1. The molecule has 1 aliphatic rings. The normalized spacial score (nSPS) is 18.6. The Morgan fingerprint density at radius 2 is 2.47 bits per heavy atom. The van der Waals surface area contributed by atoms with E-state index in [9.17, 15) is 9.90 Å². The number of nitrogen functional groups attached to an aromatic ring is 1. The van der Waals surface area contributed by atoms with Crippen LogP contribution in [-0.4, -0.2) is 41.9 Å². The molecular weight excluding hydrogens is 246 g/mol. The minimum absolute atomic E-state index is 0.00398. The maximum atomic E-state index is 12.0. The molecule has 0 radical (unpaired) electrons. The van der Waals surface area contributed by atoms with Gasteiger partial charge in [-0.25, -0.2) is 9.78 Å². The zero-order valence-corrected chi connectivity index (χ0v) is 11.0. The summed E-state index contributed by atoms with van der Waals surface area (Å²) in [6.45, 7) is 2.88. The van der Waals surface area contributed by atoms with Crippen molar-refractivity contribution in [3.63, 3.8) is 0 Å². The molecule has 1 aliphatic heterocycles. The molecule has 1 aromatic rings. The number of hydrogen-bond acceptors (Lipinski definition) is 6. The van der Waals surface area contributed by atoms with Crippen molar-refractivity contribution in [3.05, 3.63) is 17.8 Å². The minimum atomic E-state index is -0.430. The van der Waals surface area contributed by atoms with Gasteiger partial charge < -0.3 is 20.5 Å². The van der Waals surface area contributed by atoms with E-state index in [2.05, 4.69) is 4.98 Å². The van der Waals surface area contributed by atoms with Crippen LogP contribution < -0.4 is 10.6 Å². The molecule has 1 saturated heterocycles. The van der Waals surface area contributed by atoms with E-state index in [1.54, 1.807) is 13.0 Å². The first-order valence-corrected chi connectivity index (χ1v) is 6.47. The number of nitrogens with zero attached hydrogens (tertiary/aromatic N) is 2. The number of anilines is 2. The fraction of sp³-hybridized carbons (Fsp3) is 0.538. The molecule has 6 heteroatoms. The number of carbonyl (C=O) groups is 1. The molecule has 0 bridgehead atoms. The van der Waals surface area contributed by atoms with Gasteiger partial charge in [0.2, 0.25) is 0 Å². The van der Waals surface area contributed by atoms with E-state index in [-0.39, 0.29) is 12.6 Å². The minimum Gasteiger partial charge on any atom is -0.462 e. The van der Waals surface area contributed by atoms with Crippen LogP contribution in [0.1, 0.15) is 30.1 Å². The zero-order chi connectivity index (χ0) is 13.8. The molecule has 19 heavy (non-hydrogen) atoms. The van der Waals surface area contributed by atoms with Crippen molar-refractivity contribution in [1.29, 1.82) is 0 Å². The number of esters is 1. The summed E-state index contributed by atoms with van der Waals surface area (Å²) in [4.78, 5) is 18.2. The molecule has 0 saturated carbocycles. The van der Waals surface area contributed by atoms with Gasteiger partial charge in [0.15, 0.2) is 0 Å². The van der Waals surface area contributed by atoms with Crippen molar-refractivity contribution in [3.8, 4) is 0 Å². The third-order valence-corrected chi connectivity index (χ3v) is 3.24. The molecule has 1 aromatic heterocycles. The molecule has 0 aliphatic carbocycles. The van der Waals surface area contributed by atoms with E-state index in [4.69, 9.17) is 10.5 Å². The maximum absolute atomic E-state index is 12.0. The number of ether oxygens (including phenoxy) is 1. The highest BCUT2D eigenvalue weighted by molar-refractivity contribution is 5.95. The van der Waals surface area contributed by atoms with Crippen LogP contribution >= 0.6 is 0 Å². The molecule has 6 nitrogen and oxygen atoms in total. The van der Waals surface area contributed by atoms with Gasteiger partial charge in [-0.2, -0.15) is 0 Å². The highest BCUT2D eigenvalue weighted by atomic mass is 16.5. The van der Waals surface area contributed by atoms with Gasteiger partial charge in [-0.1, -0.05) is 0 Å². The lowest BCUT2D eigenvalue weighted by molar-refractivity contribution is 0.0526. The summed E-state index contributed by atoms with van der Waals surface area (Å²) in [6, 6.07) is 1.58. The lowest BCUT2D eigenvalue weighted by atomic mass is 10.2. The Morgan fingerprint density at radius 3 is 3.16 bits per heavy atom. The first kappa shape index (κ1) is 13.6. The lowest BCUT2D eigenvalue weighted by Gasteiger charge is -2.25. The molecule has 0 aromatic carbocycles. The maximum Gasteiger partial charge on any atom is 0.341 e. The highest BCUT2D eigenvalue weighted by Gasteiger charge is 2.29. The van der Waals surface area contributed by atoms with Crippen LogP contribution in [0.25, 0.3) is 0 Å². The standard InChI is InChI=1S/C13H19N3O3/c1-2-19-13(18)11-6-9(14)7-15-12(11)16-5-3-4-10(16)8-17/h6-7,10,17H,2-5,8,14H2,1H3. The predicted molar refractivity (Wildman–Crippen MR) is 72.1 cm³/mol. The molecule has 1 fully saturated rings. The number of aliphatic hydroxyl groups is 1. The lowest BCUT2D eigenvalue weighted by Crippen LogP contribution is -2.34. The second-order valence-electron chi connectivity index (χ2n) is 4.53. The Hall–Kier alpha value is -1.82. The van der Waals surface area contributed by atoms with E-state index in [1.807, 2.05) is 4.90 Å². The number of rotatable bonds is 4. The van der Waals surface area contributed by atoms with E-state index < -0.39 is 5.97 Å². The third-order valence-electron chi connectivity index (χ3n) is 3.24. The fourth-order valence-corrected chi connectivity index (χ4v) is 2.37. The Morgan fingerprint density at radius 1 is 1.68 bits per heavy atom. The van der Waals surface area contributed by atoms with Gasteiger partial charge in [-0.3, -0.25) is 0 Å². The first-order chi connectivity index (χ1) is 9.17. The van der Waals surface area contributed by atoms with Gasteiger partial charge in [0, 0.05) is 6.54 Å². The second-order valence-corrected chi connectivity index (χ2v) is 4.53. The van der Waals surface area contributed by atoms with Crippen molar-refractivity contribution in [1.82, 2.24) is 4.98 Å². The zero-order valence-electron chi connectivity index (χ0n) is 11.0. The van der Waals surface area contributed by atoms with Crippen molar-refractivity contribution in [2.45, 2.75) is 25.8 Å². The summed E-state index contributed by atoms with van der Waals surface area (Å²) in [5, 5.41) is 9.37. The molecule has 3 N–H and O–H groups in total.